The molecule has 1 amide bonds. The van der Waals surface area contributed by atoms with Crippen molar-refractivity contribution in [3.63, 3.8) is 0 Å². The molecule has 0 aromatic rings. The minimum absolute atomic E-state index is 0.156. The van der Waals surface area contributed by atoms with E-state index < -0.39 is 0 Å². The molecule has 5 heteroatoms. The van der Waals surface area contributed by atoms with Gasteiger partial charge in [-0.1, -0.05) is 13.3 Å². The Morgan fingerprint density at radius 2 is 2.20 bits per heavy atom. The van der Waals surface area contributed by atoms with Crippen LogP contribution in [0.15, 0.2) is 0 Å². The van der Waals surface area contributed by atoms with Gasteiger partial charge in [0.2, 0.25) is 5.91 Å². The number of likely N-dealkylation sites (tertiary alicyclic amines) is 1. The van der Waals surface area contributed by atoms with E-state index in [9.17, 15) is 4.79 Å². The summed E-state index contributed by atoms with van der Waals surface area (Å²) >= 11 is 0. The number of ether oxygens (including phenoxy) is 1. The Morgan fingerprint density at radius 3 is 2.85 bits per heavy atom. The van der Waals surface area contributed by atoms with Crippen LogP contribution in [0.5, 0.6) is 0 Å². The summed E-state index contributed by atoms with van der Waals surface area (Å²) in [4.78, 5) is 16.6. The molecule has 2 aliphatic rings. The van der Waals surface area contributed by atoms with Gasteiger partial charge in [0.25, 0.3) is 0 Å². The van der Waals surface area contributed by atoms with Gasteiger partial charge in [-0.25, -0.2) is 0 Å². The standard InChI is InChI=1S/C15H29N3O2/c1-3-13-4-5-17(14(8-13)9-16)11-15(19)18-6-7-20-12(2)10-18/h12-14H,3-11,16H2,1-2H3. The molecule has 0 aliphatic carbocycles. The zero-order valence-electron chi connectivity index (χ0n) is 12.9. The van der Waals surface area contributed by atoms with Crippen LogP contribution in [0, 0.1) is 5.92 Å². The van der Waals surface area contributed by atoms with Crippen molar-refractivity contribution in [3.8, 4) is 0 Å². The smallest absolute Gasteiger partial charge is 0.236 e. The second-order valence-electron chi connectivity index (χ2n) is 6.18. The number of hydrogen-bond acceptors (Lipinski definition) is 4. The van der Waals surface area contributed by atoms with Gasteiger partial charge in [-0.3, -0.25) is 9.69 Å². The SMILES string of the molecule is CCC1CCN(CC(=O)N2CCOC(C)C2)C(CN)C1. The van der Waals surface area contributed by atoms with Crippen molar-refractivity contribution >= 4 is 5.91 Å². The van der Waals surface area contributed by atoms with Crippen LogP contribution < -0.4 is 5.73 Å². The van der Waals surface area contributed by atoms with Crippen LogP contribution >= 0.6 is 0 Å². The van der Waals surface area contributed by atoms with E-state index in [1.165, 1.54) is 12.8 Å². The van der Waals surface area contributed by atoms with E-state index in [2.05, 4.69) is 11.8 Å². The topological polar surface area (TPSA) is 58.8 Å². The van der Waals surface area contributed by atoms with E-state index in [-0.39, 0.29) is 12.0 Å². The van der Waals surface area contributed by atoms with Crippen LogP contribution in [-0.4, -0.2) is 67.2 Å². The Hall–Kier alpha value is -0.650. The number of rotatable bonds is 4. The molecule has 0 aromatic carbocycles. The van der Waals surface area contributed by atoms with E-state index in [1.54, 1.807) is 0 Å². The second kappa shape index (κ2) is 7.38. The summed E-state index contributed by atoms with van der Waals surface area (Å²) < 4.78 is 5.49. The lowest BCUT2D eigenvalue weighted by Gasteiger charge is -2.40. The maximum absolute atomic E-state index is 12.4. The van der Waals surface area contributed by atoms with Gasteiger partial charge in [0, 0.05) is 25.7 Å². The van der Waals surface area contributed by atoms with Gasteiger partial charge in [-0.15, -0.1) is 0 Å². The van der Waals surface area contributed by atoms with Gasteiger partial charge < -0.3 is 15.4 Å². The van der Waals surface area contributed by atoms with Gasteiger partial charge in [0.15, 0.2) is 0 Å². The first-order valence-corrected chi connectivity index (χ1v) is 7.97. The van der Waals surface area contributed by atoms with Gasteiger partial charge in [0.05, 0.1) is 19.3 Å². The Labute approximate surface area is 122 Å². The maximum Gasteiger partial charge on any atom is 0.236 e. The first-order chi connectivity index (χ1) is 9.63. The van der Waals surface area contributed by atoms with Crippen molar-refractivity contribution < 1.29 is 9.53 Å². The van der Waals surface area contributed by atoms with Crippen LogP contribution in [0.3, 0.4) is 0 Å². The largest absolute Gasteiger partial charge is 0.375 e. The van der Waals surface area contributed by atoms with Crippen molar-refractivity contribution in [1.29, 1.82) is 0 Å². The van der Waals surface area contributed by atoms with Gasteiger partial charge in [-0.05, 0) is 32.2 Å². The number of piperidine rings is 1. The quantitative estimate of drug-likeness (QED) is 0.824. The van der Waals surface area contributed by atoms with E-state index in [4.69, 9.17) is 10.5 Å². The predicted octanol–water partition coefficient (Wildman–Crippen LogP) is 0.683. The third-order valence-electron chi connectivity index (χ3n) is 4.73. The Balaban J connectivity index is 1.86. The van der Waals surface area contributed by atoms with Crippen LogP contribution in [0.4, 0.5) is 0 Å². The lowest BCUT2D eigenvalue weighted by atomic mass is 9.89. The van der Waals surface area contributed by atoms with E-state index in [1.807, 2.05) is 11.8 Å². The Morgan fingerprint density at radius 1 is 1.40 bits per heavy atom. The number of hydrogen-bond donors (Lipinski definition) is 1. The van der Waals surface area contributed by atoms with E-state index in [0.717, 1.165) is 32.0 Å². The molecule has 5 nitrogen and oxygen atoms in total. The van der Waals surface area contributed by atoms with E-state index in [0.29, 0.717) is 25.7 Å². The monoisotopic (exact) mass is 283 g/mol. The molecule has 0 aromatic heterocycles. The van der Waals surface area contributed by atoms with Crippen LogP contribution in [0.2, 0.25) is 0 Å². The molecule has 0 bridgehead atoms. The second-order valence-corrected chi connectivity index (χ2v) is 6.18. The molecule has 2 rings (SSSR count). The Kier molecular flexibility index (Phi) is 5.81. The molecule has 2 N–H and O–H groups in total. The summed E-state index contributed by atoms with van der Waals surface area (Å²) in [7, 11) is 0. The highest BCUT2D eigenvalue weighted by atomic mass is 16.5. The summed E-state index contributed by atoms with van der Waals surface area (Å²) in [5.74, 6) is 1.01. The third kappa shape index (κ3) is 3.93. The number of nitrogens with two attached hydrogens (primary N) is 1. The zero-order chi connectivity index (χ0) is 14.5. The molecule has 2 heterocycles. The molecule has 116 valence electrons. The van der Waals surface area contributed by atoms with Crippen molar-refractivity contribution in [2.45, 2.75) is 45.3 Å². The summed E-state index contributed by atoms with van der Waals surface area (Å²) in [5.41, 5.74) is 5.90. The summed E-state index contributed by atoms with van der Waals surface area (Å²) in [5, 5.41) is 0. The predicted molar refractivity (Wildman–Crippen MR) is 79.4 cm³/mol. The molecule has 3 unspecified atom stereocenters. The number of nitrogens with zero attached hydrogens (tertiary/aromatic N) is 2. The molecular weight excluding hydrogens is 254 g/mol. The number of morpholine rings is 1. The van der Waals surface area contributed by atoms with Crippen molar-refractivity contribution in [1.82, 2.24) is 9.80 Å². The molecule has 3 atom stereocenters. The van der Waals surface area contributed by atoms with Crippen LogP contribution in [0.25, 0.3) is 0 Å². The molecule has 2 fully saturated rings. The normalized spacial score (nSPS) is 32.4. The molecule has 0 spiro atoms. The molecule has 0 saturated carbocycles. The molecule has 0 radical (unpaired) electrons. The summed E-state index contributed by atoms with van der Waals surface area (Å²) in [6.45, 7) is 8.55. The lowest BCUT2D eigenvalue weighted by Crippen LogP contribution is -2.53. The van der Waals surface area contributed by atoms with Crippen LogP contribution in [0.1, 0.15) is 33.1 Å². The fourth-order valence-electron chi connectivity index (χ4n) is 3.33. The molecule has 20 heavy (non-hydrogen) atoms. The average molecular weight is 283 g/mol. The highest BCUT2D eigenvalue weighted by Gasteiger charge is 2.30. The number of carbonyl (C=O) groups excluding carboxylic acids is 1. The van der Waals surface area contributed by atoms with Gasteiger partial charge in [-0.2, -0.15) is 0 Å². The van der Waals surface area contributed by atoms with Crippen molar-refractivity contribution in [3.05, 3.63) is 0 Å². The van der Waals surface area contributed by atoms with Crippen molar-refractivity contribution in [2.75, 3.05) is 39.3 Å². The van der Waals surface area contributed by atoms with E-state index >= 15 is 0 Å². The maximum atomic E-state index is 12.4. The van der Waals surface area contributed by atoms with Gasteiger partial charge >= 0.3 is 0 Å². The summed E-state index contributed by atoms with van der Waals surface area (Å²) in [6.07, 6.45) is 3.71. The first kappa shape index (κ1) is 15.7. The molecule has 2 saturated heterocycles. The summed E-state index contributed by atoms with van der Waals surface area (Å²) in [6, 6.07) is 0.371. The fourth-order valence-corrected chi connectivity index (χ4v) is 3.33. The minimum atomic E-state index is 0.156. The number of carbonyl (C=O) groups is 1. The van der Waals surface area contributed by atoms with Crippen LogP contribution in [-0.2, 0) is 9.53 Å². The zero-order valence-corrected chi connectivity index (χ0v) is 12.9. The third-order valence-corrected chi connectivity index (χ3v) is 4.73. The van der Waals surface area contributed by atoms with Crippen molar-refractivity contribution in [2.24, 2.45) is 11.7 Å². The fraction of sp³-hybridized carbons (Fsp3) is 0.933. The number of amides is 1. The molecule has 2 aliphatic heterocycles. The average Bonchev–Trinajstić information content (AvgIpc) is 2.47. The minimum Gasteiger partial charge on any atom is -0.375 e. The Bertz CT molecular complexity index is 324. The lowest BCUT2D eigenvalue weighted by molar-refractivity contribution is -0.140. The first-order valence-electron chi connectivity index (χ1n) is 7.97. The highest BCUT2D eigenvalue weighted by molar-refractivity contribution is 5.78. The molecular formula is C15H29N3O2. The van der Waals surface area contributed by atoms with Gasteiger partial charge in [0.1, 0.15) is 0 Å². The highest BCUT2D eigenvalue weighted by Crippen LogP contribution is 2.24.